The van der Waals surface area contributed by atoms with Crippen molar-refractivity contribution in [1.29, 1.82) is 0 Å². The molecule has 0 bridgehead atoms. The minimum Gasteiger partial charge on any atom is -0.436 e. The lowest BCUT2D eigenvalue weighted by Crippen LogP contribution is -1.91. The molecule has 0 saturated carbocycles. The molecule has 0 fully saturated rings. The summed E-state index contributed by atoms with van der Waals surface area (Å²) in [5, 5.41) is 0. The first-order chi connectivity index (χ1) is 9.83. The fourth-order valence-corrected chi connectivity index (χ4v) is 1.91. The third kappa shape index (κ3) is 2.67. The monoisotopic (exact) mass is 265 g/mol. The maximum Gasteiger partial charge on any atom is 0.219 e. The van der Waals surface area contributed by atoms with E-state index < -0.39 is 5.82 Å². The molecule has 2 aromatic carbocycles. The molecule has 3 rings (SSSR count). The van der Waals surface area contributed by atoms with E-state index in [0.717, 1.165) is 11.1 Å². The Morgan fingerprint density at radius 3 is 2.30 bits per heavy atom. The van der Waals surface area contributed by atoms with Crippen LogP contribution in [-0.2, 0) is 0 Å². The van der Waals surface area contributed by atoms with Crippen LogP contribution in [0.25, 0.3) is 11.1 Å². The van der Waals surface area contributed by atoms with Gasteiger partial charge in [0.1, 0.15) is 0 Å². The number of rotatable bonds is 3. The van der Waals surface area contributed by atoms with Gasteiger partial charge >= 0.3 is 0 Å². The van der Waals surface area contributed by atoms with Crippen molar-refractivity contribution in [2.45, 2.75) is 0 Å². The third-order valence-corrected chi connectivity index (χ3v) is 2.89. The van der Waals surface area contributed by atoms with E-state index in [-0.39, 0.29) is 5.75 Å². The summed E-state index contributed by atoms with van der Waals surface area (Å²) in [7, 11) is 0. The van der Waals surface area contributed by atoms with Crippen LogP contribution in [0.4, 0.5) is 4.39 Å². The molecule has 3 aromatic rings. The average Bonchev–Trinajstić information content (AvgIpc) is 2.51. The number of ether oxygens (including phenoxy) is 1. The number of nitrogens with zero attached hydrogens (tertiary/aromatic N) is 1. The van der Waals surface area contributed by atoms with Gasteiger partial charge in [0.25, 0.3) is 0 Å². The Balaban J connectivity index is 1.89. The lowest BCUT2D eigenvalue weighted by atomic mass is 10.1. The molecule has 1 heterocycles. The van der Waals surface area contributed by atoms with Gasteiger partial charge in [-0.2, -0.15) is 0 Å². The van der Waals surface area contributed by atoms with Crippen molar-refractivity contribution in [1.82, 2.24) is 4.98 Å². The molecule has 0 aliphatic carbocycles. The van der Waals surface area contributed by atoms with E-state index in [1.807, 2.05) is 36.4 Å². The summed E-state index contributed by atoms with van der Waals surface area (Å²) in [6.07, 6.45) is 1.60. The SMILES string of the molecule is Fc1cc(-c2ccccc2)ccc1Oc1ccccn1. The highest BCUT2D eigenvalue weighted by molar-refractivity contribution is 5.64. The second-order valence-corrected chi connectivity index (χ2v) is 4.28. The Labute approximate surface area is 116 Å². The van der Waals surface area contributed by atoms with E-state index in [2.05, 4.69) is 4.98 Å². The minimum atomic E-state index is -0.406. The van der Waals surface area contributed by atoms with E-state index in [1.54, 1.807) is 30.5 Å². The second-order valence-electron chi connectivity index (χ2n) is 4.28. The van der Waals surface area contributed by atoms with E-state index >= 15 is 0 Å². The Kier molecular flexibility index (Phi) is 3.42. The molecule has 0 unspecified atom stereocenters. The summed E-state index contributed by atoms with van der Waals surface area (Å²) in [4.78, 5) is 4.01. The quantitative estimate of drug-likeness (QED) is 0.686. The van der Waals surface area contributed by atoms with Gasteiger partial charge in [0, 0.05) is 12.3 Å². The van der Waals surface area contributed by atoms with E-state index in [4.69, 9.17) is 4.74 Å². The zero-order chi connectivity index (χ0) is 13.8. The number of hydrogen-bond donors (Lipinski definition) is 0. The van der Waals surface area contributed by atoms with Crippen molar-refractivity contribution >= 4 is 0 Å². The molecule has 0 spiro atoms. The second kappa shape index (κ2) is 5.53. The molecule has 0 aliphatic rings. The topological polar surface area (TPSA) is 22.1 Å². The molecule has 1 aromatic heterocycles. The molecular formula is C17H12FNO. The summed E-state index contributed by atoms with van der Waals surface area (Å²) in [5.41, 5.74) is 1.78. The number of pyridine rings is 1. The zero-order valence-corrected chi connectivity index (χ0v) is 10.7. The first-order valence-corrected chi connectivity index (χ1v) is 6.27. The van der Waals surface area contributed by atoms with Gasteiger partial charge in [-0.15, -0.1) is 0 Å². The predicted octanol–water partition coefficient (Wildman–Crippen LogP) is 4.68. The first kappa shape index (κ1) is 12.4. The van der Waals surface area contributed by atoms with Gasteiger partial charge in [-0.25, -0.2) is 9.37 Å². The van der Waals surface area contributed by atoms with Gasteiger partial charge in [-0.05, 0) is 29.3 Å². The Morgan fingerprint density at radius 1 is 0.800 bits per heavy atom. The summed E-state index contributed by atoms with van der Waals surface area (Å²) in [5.74, 6) is 0.138. The first-order valence-electron chi connectivity index (χ1n) is 6.27. The molecule has 0 radical (unpaired) electrons. The smallest absolute Gasteiger partial charge is 0.219 e. The van der Waals surface area contributed by atoms with Crippen LogP contribution in [0.3, 0.4) is 0 Å². The highest BCUT2D eigenvalue weighted by atomic mass is 19.1. The van der Waals surface area contributed by atoms with Crippen LogP contribution in [0, 0.1) is 5.82 Å². The van der Waals surface area contributed by atoms with Gasteiger partial charge < -0.3 is 4.74 Å². The average molecular weight is 265 g/mol. The van der Waals surface area contributed by atoms with Gasteiger partial charge in [-0.1, -0.05) is 42.5 Å². The van der Waals surface area contributed by atoms with E-state index in [1.165, 1.54) is 6.07 Å². The third-order valence-electron chi connectivity index (χ3n) is 2.89. The van der Waals surface area contributed by atoms with Crippen LogP contribution < -0.4 is 4.74 Å². The van der Waals surface area contributed by atoms with Crippen LogP contribution >= 0.6 is 0 Å². The molecule has 3 heteroatoms. The van der Waals surface area contributed by atoms with Gasteiger partial charge in [0.15, 0.2) is 11.6 Å². The standard InChI is InChI=1S/C17H12FNO/c18-15-12-14(13-6-2-1-3-7-13)9-10-16(15)20-17-8-4-5-11-19-17/h1-12H. The van der Waals surface area contributed by atoms with Crippen molar-refractivity contribution in [2.75, 3.05) is 0 Å². The van der Waals surface area contributed by atoms with E-state index in [0.29, 0.717) is 5.88 Å². The number of aromatic nitrogens is 1. The number of hydrogen-bond acceptors (Lipinski definition) is 2. The predicted molar refractivity (Wildman–Crippen MR) is 76.1 cm³/mol. The maximum atomic E-state index is 14.1. The normalized spacial score (nSPS) is 10.2. The van der Waals surface area contributed by atoms with Crippen LogP contribution in [0.15, 0.2) is 72.9 Å². The maximum absolute atomic E-state index is 14.1. The molecule has 20 heavy (non-hydrogen) atoms. The molecule has 2 nitrogen and oxygen atoms in total. The molecule has 0 amide bonds. The fraction of sp³-hybridized carbons (Fsp3) is 0. The lowest BCUT2D eigenvalue weighted by Gasteiger charge is -2.07. The molecule has 98 valence electrons. The van der Waals surface area contributed by atoms with Crippen molar-refractivity contribution in [2.24, 2.45) is 0 Å². The van der Waals surface area contributed by atoms with Gasteiger partial charge in [0.05, 0.1) is 0 Å². The highest BCUT2D eigenvalue weighted by Gasteiger charge is 2.07. The Hall–Kier alpha value is -2.68. The van der Waals surface area contributed by atoms with Crippen LogP contribution in [0.2, 0.25) is 0 Å². The van der Waals surface area contributed by atoms with Crippen molar-refractivity contribution < 1.29 is 9.13 Å². The molecule has 0 N–H and O–H groups in total. The molecule has 0 aliphatic heterocycles. The summed E-state index contributed by atoms with van der Waals surface area (Å²) >= 11 is 0. The molecule has 0 saturated heterocycles. The summed E-state index contributed by atoms with van der Waals surface area (Å²) in [6, 6.07) is 19.8. The largest absolute Gasteiger partial charge is 0.436 e. The van der Waals surface area contributed by atoms with Gasteiger partial charge in [-0.3, -0.25) is 0 Å². The number of benzene rings is 2. The number of halogens is 1. The molecular weight excluding hydrogens is 253 g/mol. The minimum absolute atomic E-state index is 0.170. The zero-order valence-electron chi connectivity index (χ0n) is 10.7. The van der Waals surface area contributed by atoms with Crippen molar-refractivity contribution in [3.8, 4) is 22.8 Å². The molecule has 0 atom stereocenters. The van der Waals surface area contributed by atoms with Crippen LogP contribution in [0.1, 0.15) is 0 Å². The lowest BCUT2D eigenvalue weighted by molar-refractivity contribution is 0.428. The summed E-state index contributed by atoms with van der Waals surface area (Å²) < 4.78 is 19.5. The van der Waals surface area contributed by atoms with Gasteiger partial charge in [0.2, 0.25) is 5.88 Å². The van der Waals surface area contributed by atoms with Crippen LogP contribution in [-0.4, -0.2) is 4.98 Å². The Morgan fingerprint density at radius 2 is 1.60 bits per heavy atom. The highest BCUT2D eigenvalue weighted by Crippen LogP contribution is 2.27. The fourth-order valence-electron chi connectivity index (χ4n) is 1.91. The van der Waals surface area contributed by atoms with Crippen molar-refractivity contribution in [3.05, 3.63) is 78.7 Å². The van der Waals surface area contributed by atoms with E-state index in [9.17, 15) is 4.39 Å². The Bertz CT molecular complexity index is 699. The van der Waals surface area contributed by atoms with Crippen LogP contribution in [0.5, 0.6) is 11.6 Å². The van der Waals surface area contributed by atoms with Crippen molar-refractivity contribution in [3.63, 3.8) is 0 Å². The summed E-state index contributed by atoms with van der Waals surface area (Å²) in [6.45, 7) is 0.